The van der Waals surface area contributed by atoms with Gasteiger partial charge in [0.2, 0.25) is 5.91 Å². The lowest BCUT2D eigenvalue weighted by atomic mass is 9.97. The van der Waals surface area contributed by atoms with Crippen molar-refractivity contribution in [3.05, 3.63) is 35.9 Å². The molecule has 31 heavy (non-hydrogen) atoms. The number of aliphatic hydroxyl groups excluding tert-OH is 1. The second kappa shape index (κ2) is 10.2. The molecule has 1 aromatic carbocycles. The number of aliphatic hydroxyl groups is 1. The second-order valence-corrected chi connectivity index (χ2v) is 14.1. The zero-order valence-corrected chi connectivity index (χ0v) is 20.4. The molecule has 5 atom stereocenters. The van der Waals surface area contributed by atoms with Crippen molar-refractivity contribution in [1.82, 2.24) is 5.32 Å². The van der Waals surface area contributed by atoms with Crippen LogP contribution in [0, 0.1) is 0 Å². The topological polar surface area (TPSA) is 103 Å². The lowest BCUT2D eigenvalue weighted by Crippen LogP contribution is -2.67. The maximum absolute atomic E-state index is 12.3. The zero-order valence-electron chi connectivity index (χ0n) is 19.4. The molecule has 0 unspecified atom stereocenters. The number of carbonyl (C=O) groups excluding carboxylic acids is 2. The van der Waals surface area contributed by atoms with Gasteiger partial charge in [-0.25, -0.2) is 4.79 Å². The van der Waals surface area contributed by atoms with E-state index in [9.17, 15) is 14.7 Å². The van der Waals surface area contributed by atoms with Gasteiger partial charge >= 0.3 is 5.97 Å². The number of nitrogens with one attached hydrogen (secondary N) is 1. The number of benzene rings is 1. The summed E-state index contributed by atoms with van der Waals surface area (Å²) in [6.07, 6.45) is -3.68. The molecule has 0 spiro atoms. The fourth-order valence-electron chi connectivity index (χ4n) is 3.12. The minimum Gasteiger partial charge on any atom is -0.459 e. The molecular formula is C22H35NO7Si. The predicted molar refractivity (Wildman–Crippen MR) is 118 cm³/mol. The van der Waals surface area contributed by atoms with Gasteiger partial charge in [-0.2, -0.15) is 0 Å². The average molecular weight is 454 g/mol. The molecule has 9 heteroatoms. The molecule has 1 amide bonds. The Labute approximate surface area is 185 Å². The molecule has 1 fully saturated rings. The number of carbonyl (C=O) groups is 2. The molecule has 8 nitrogen and oxygen atoms in total. The van der Waals surface area contributed by atoms with E-state index >= 15 is 0 Å². The van der Waals surface area contributed by atoms with Gasteiger partial charge in [-0.1, -0.05) is 39.0 Å². The van der Waals surface area contributed by atoms with E-state index in [1.54, 1.807) is 30.3 Å². The van der Waals surface area contributed by atoms with Gasteiger partial charge in [0.1, 0.15) is 24.9 Å². The maximum Gasteiger partial charge on any atom is 0.338 e. The summed E-state index contributed by atoms with van der Waals surface area (Å²) in [5.74, 6) is -0.808. The summed E-state index contributed by atoms with van der Waals surface area (Å²) in [6.45, 7) is 11.6. The number of hydrogen-bond acceptors (Lipinski definition) is 7. The third-order valence-electron chi connectivity index (χ3n) is 5.90. The summed E-state index contributed by atoms with van der Waals surface area (Å²) in [5, 5.41) is 13.8. The molecule has 2 N–H and O–H groups in total. The SMILES string of the molecule is CO[C@H]1O[C@H](COC(=O)c2ccccc2)[C@@H](O)[C@H](O[Si](C)(C)C(C)(C)C)[C@H]1NC(C)=O. The molecule has 1 saturated heterocycles. The molecule has 0 bridgehead atoms. The first-order valence-corrected chi connectivity index (χ1v) is 13.3. The minimum absolute atomic E-state index is 0.121. The molecule has 0 saturated carbocycles. The van der Waals surface area contributed by atoms with Gasteiger partial charge in [0.05, 0.1) is 11.7 Å². The van der Waals surface area contributed by atoms with Crippen molar-refractivity contribution >= 4 is 20.2 Å². The van der Waals surface area contributed by atoms with Crippen LogP contribution in [0.2, 0.25) is 18.1 Å². The number of hydrogen-bond donors (Lipinski definition) is 2. The molecule has 2 rings (SSSR count). The highest BCUT2D eigenvalue weighted by molar-refractivity contribution is 6.74. The van der Waals surface area contributed by atoms with E-state index in [4.69, 9.17) is 18.6 Å². The van der Waals surface area contributed by atoms with Crippen LogP contribution in [0.5, 0.6) is 0 Å². The standard InChI is InChI=1S/C22H35NO7Si/c1-14(24)23-17-19(30-31(6,7)22(2,3)4)18(25)16(29-21(17)27-5)13-28-20(26)15-11-9-8-10-12-15/h8-12,16-19,21,25H,13H2,1-7H3,(H,23,24)/t16-,17-,18-,19-,21+/m1/s1. The number of amides is 1. The van der Waals surface area contributed by atoms with E-state index in [1.807, 2.05) is 0 Å². The van der Waals surface area contributed by atoms with Crippen molar-refractivity contribution < 1.29 is 33.3 Å². The van der Waals surface area contributed by atoms with E-state index in [0.29, 0.717) is 5.56 Å². The highest BCUT2D eigenvalue weighted by Crippen LogP contribution is 2.39. The van der Waals surface area contributed by atoms with Crippen LogP contribution < -0.4 is 5.32 Å². The molecule has 0 radical (unpaired) electrons. The van der Waals surface area contributed by atoms with Crippen LogP contribution in [0.15, 0.2) is 30.3 Å². The van der Waals surface area contributed by atoms with E-state index in [0.717, 1.165) is 0 Å². The Morgan fingerprint density at radius 2 is 1.81 bits per heavy atom. The van der Waals surface area contributed by atoms with E-state index in [2.05, 4.69) is 39.2 Å². The largest absolute Gasteiger partial charge is 0.459 e. The van der Waals surface area contributed by atoms with Gasteiger partial charge < -0.3 is 29.1 Å². The van der Waals surface area contributed by atoms with Crippen LogP contribution in [0.3, 0.4) is 0 Å². The first-order chi connectivity index (χ1) is 14.4. The first-order valence-electron chi connectivity index (χ1n) is 10.4. The minimum atomic E-state index is -2.33. The normalized spacial score (nSPS) is 26.9. The van der Waals surface area contributed by atoms with Gasteiger partial charge in [0.25, 0.3) is 0 Å². The monoisotopic (exact) mass is 453 g/mol. The fourth-order valence-corrected chi connectivity index (χ4v) is 4.44. The maximum atomic E-state index is 12.3. The lowest BCUT2D eigenvalue weighted by Gasteiger charge is -2.48. The second-order valence-electron chi connectivity index (χ2n) is 9.30. The van der Waals surface area contributed by atoms with Crippen LogP contribution in [0.25, 0.3) is 0 Å². The Hall–Kier alpha value is -1.78. The number of methoxy groups -OCH3 is 1. The van der Waals surface area contributed by atoms with Gasteiger partial charge in [-0.15, -0.1) is 0 Å². The van der Waals surface area contributed by atoms with Crippen molar-refractivity contribution in [3.63, 3.8) is 0 Å². The highest BCUT2D eigenvalue weighted by atomic mass is 28.4. The van der Waals surface area contributed by atoms with Crippen molar-refractivity contribution in [2.24, 2.45) is 0 Å². The summed E-state index contributed by atoms with van der Waals surface area (Å²) in [5.41, 5.74) is 0.404. The van der Waals surface area contributed by atoms with E-state index < -0.39 is 44.9 Å². The summed E-state index contributed by atoms with van der Waals surface area (Å²) in [7, 11) is -0.874. The Bertz CT molecular complexity index is 750. The summed E-state index contributed by atoms with van der Waals surface area (Å²) in [4.78, 5) is 24.1. The quantitative estimate of drug-likeness (QED) is 0.483. The molecule has 1 aliphatic heterocycles. The van der Waals surface area contributed by atoms with E-state index in [1.165, 1.54) is 14.0 Å². The molecule has 1 aliphatic rings. The molecule has 1 heterocycles. The number of ether oxygens (including phenoxy) is 3. The fraction of sp³-hybridized carbons (Fsp3) is 0.636. The van der Waals surface area contributed by atoms with Crippen LogP contribution in [-0.2, 0) is 23.4 Å². The molecular weight excluding hydrogens is 418 g/mol. The number of esters is 1. The van der Waals surface area contributed by atoms with Gasteiger partial charge in [0.15, 0.2) is 14.6 Å². The predicted octanol–water partition coefficient (Wildman–Crippen LogP) is 2.47. The molecule has 0 aliphatic carbocycles. The van der Waals surface area contributed by atoms with Crippen LogP contribution in [0.1, 0.15) is 38.1 Å². The van der Waals surface area contributed by atoms with Crippen molar-refractivity contribution in [2.45, 2.75) is 76.5 Å². The smallest absolute Gasteiger partial charge is 0.338 e. The van der Waals surface area contributed by atoms with Gasteiger partial charge in [-0.05, 0) is 30.3 Å². The Morgan fingerprint density at radius 3 is 2.32 bits per heavy atom. The van der Waals surface area contributed by atoms with Gasteiger partial charge in [0, 0.05) is 14.0 Å². The first kappa shape index (κ1) is 25.5. The lowest BCUT2D eigenvalue weighted by molar-refractivity contribution is -0.259. The van der Waals surface area contributed by atoms with Crippen molar-refractivity contribution in [1.29, 1.82) is 0 Å². The summed E-state index contributed by atoms with van der Waals surface area (Å²) in [6, 6.07) is 7.87. The van der Waals surface area contributed by atoms with Crippen molar-refractivity contribution in [2.75, 3.05) is 13.7 Å². The Balaban J connectivity index is 2.23. The van der Waals surface area contributed by atoms with E-state index in [-0.39, 0.29) is 17.6 Å². The van der Waals surface area contributed by atoms with Crippen LogP contribution in [0.4, 0.5) is 0 Å². The van der Waals surface area contributed by atoms with Crippen LogP contribution in [-0.4, -0.2) is 69.7 Å². The Morgan fingerprint density at radius 1 is 1.19 bits per heavy atom. The third-order valence-corrected chi connectivity index (χ3v) is 10.4. The molecule has 0 aromatic heterocycles. The third kappa shape index (κ3) is 6.36. The molecule has 174 valence electrons. The Kier molecular flexibility index (Phi) is 8.40. The highest BCUT2D eigenvalue weighted by Gasteiger charge is 2.51. The molecule has 1 aromatic rings. The van der Waals surface area contributed by atoms with Crippen LogP contribution >= 0.6 is 0 Å². The number of rotatable bonds is 7. The average Bonchev–Trinajstić information content (AvgIpc) is 2.69. The summed E-state index contributed by atoms with van der Waals surface area (Å²) >= 11 is 0. The summed E-state index contributed by atoms with van der Waals surface area (Å²) < 4.78 is 23.2. The zero-order chi connectivity index (χ0) is 23.4. The van der Waals surface area contributed by atoms with Gasteiger partial charge in [-0.3, -0.25) is 4.79 Å². The van der Waals surface area contributed by atoms with Crippen molar-refractivity contribution in [3.8, 4) is 0 Å².